The monoisotopic (exact) mass is 244 g/mol. The van der Waals surface area contributed by atoms with E-state index in [4.69, 9.17) is 12.8 Å². The molecule has 92 valence electrons. The van der Waals surface area contributed by atoms with Gasteiger partial charge in [0.05, 0.1) is 5.41 Å². The highest BCUT2D eigenvalue weighted by molar-refractivity contribution is 5.32. The van der Waals surface area contributed by atoms with Crippen LogP contribution >= 0.6 is 0 Å². The van der Waals surface area contributed by atoms with Crippen molar-refractivity contribution in [2.75, 3.05) is 0 Å². The molecule has 19 heavy (non-hydrogen) atoms. The summed E-state index contributed by atoms with van der Waals surface area (Å²) in [7, 11) is 0. The number of rotatable bonds is 4. The molecule has 0 bridgehead atoms. The lowest BCUT2D eigenvalue weighted by Crippen LogP contribution is -2.22. The van der Waals surface area contributed by atoms with E-state index < -0.39 is 5.41 Å². The van der Waals surface area contributed by atoms with Crippen LogP contribution in [0.5, 0.6) is 0 Å². The zero-order valence-corrected chi connectivity index (χ0v) is 10.8. The van der Waals surface area contributed by atoms with Crippen LogP contribution in [-0.4, -0.2) is 0 Å². The smallest absolute Gasteiger partial charge is 0.0993 e. The first-order chi connectivity index (χ1) is 9.28. The molecule has 0 aliphatic carbocycles. The van der Waals surface area contributed by atoms with E-state index in [9.17, 15) is 0 Å². The molecule has 0 heteroatoms. The molecule has 0 unspecified atom stereocenters. The third-order valence-corrected chi connectivity index (χ3v) is 3.25. The lowest BCUT2D eigenvalue weighted by Gasteiger charge is -2.22. The highest BCUT2D eigenvalue weighted by Gasteiger charge is 2.25. The Hall–Kier alpha value is -2.44. The van der Waals surface area contributed by atoms with E-state index in [1.54, 1.807) is 0 Å². The fraction of sp³-hybridized carbons (Fsp3) is 0.158. The molecule has 2 aromatic carbocycles. The summed E-state index contributed by atoms with van der Waals surface area (Å²) in [5.74, 6) is 5.65. The molecule has 0 fully saturated rings. The quantitative estimate of drug-likeness (QED) is 0.719. The van der Waals surface area contributed by atoms with Crippen LogP contribution in [0.3, 0.4) is 0 Å². The van der Waals surface area contributed by atoms with Crippen molar-refractivity contribution in [2.24, 2.45) is 5.41 Å². The Morgan fingerprint density at radius 2 is 1.05 bits per heavy atom. The summed E-state index contributed by atoms with van der Waals surface area (Å²) in [6, 6.07) is 20.3. The Labute approximate surface area is 115 Å². The minimum Gasteiger partial charge on any atom is -0.118 e. The molecular weight excluding hydrogens is 228 g/mol. The van der Waals surface area contributed by atoms with Crippen LogP contribution in [0.15, 0.2) is 60.7 Å². The van der Waals surface area contributed by atoms with E-state index in [1.165, 1.54) is 11.1 Å². The van der Waals surface area contributed by atoms with Gasteiger partial charge in [-0.05, 0) is 11.1 Å². The van der Waals surface area contributed by atoms with Crippen LogP contribution in [0.1, 0.15) is 11.1 Å². The molecule has 0 heterocycles. The van der Waals surface area contributed by atoms with Crippen molar-refractivity contribution in [3.63, 3.8) is 0 Å². The van der Waals surface area contributed by atoms with Crippen molar-refractivity contribution in [3.05, 3.63) is 71.8 Å². The molecule has 0 saturated carbocycles. The summed E-state index contributed by atoms with van der Waals surface area (Å²) >= 11 is 0. The van der Waals surface area contributed by atoms with E-state index in [2.05, 4.69) is 36.1 Å². The molecular formula is C19H16. The van der Waals surface area contributed by atoms with Crippen molar-refractivity contribution in [3.8, 4) is 24.7 Å². The standard InChI is InChI=1S/C19H16/c1-3-19(4-2,15-17-11-7-5-8-12-17)16-18-13-9-6-10-14-18/h1-2,5-14H,15-16H2. The first-order valence-corrected chi connectivity index (χ1v) is 6.31. The largest absolute Gasteiger partial charge is 0.118 e. The maximum atomic E-state index is 5.72. The van der Waals surface area contributed by atoms with Gasteiger partial charge in [-0.3, -0.25) is 0 Å². The van der Waals surface area contributed by atoms with E-state index in [1.807, 2.05) is 36.4 Å². The minimum absolute atomic E-state index is 0.553. The fourth-order valence-electron chi connectivity index (χ4n) is 2.20. The third-order valence-electron chi connectivity index (χ3n) is 3.25. The van der Waals surface area contributed by atoms with Gasteiger partial charge in [-0.2, -0.15) is 0 Å². The molecule has 0 aromatic heterocycles. The van der Waals surface area contributed by atoms with Gasteiger partial charge >= 0.3 is 0 Å². The van der Waals surface area contributed by atoms with Gasteiger partial charge in [0, 0.05) is 12.8 Å². The second-order valence-corrected chi connectivity index (χ2v) is 4.70. The summed E-state index contributed by atoms with van der Waals surface area (Å²) in [5.41, 5.74) is 1.80. The van der Waals surface area contributed by atoms with Crippen LogP contribution in [0.2, 0.25) is 0 Å². The van der Waals surface area contributed by atoms with Gasteiger partial charge < -0.3 is 0 Å². The topological polar surface area (TPSA) is 0 Å². The van der Waals surface area contributed by atoms with Gasteiger partial charge in [-0.15, -0.1) is 12.8 Å². The number of terminal acetylenes is 2. The average molecular weight is 244 g/mol. The number of hydrogen-bond acceptors (Lipinski definition) is 0. The average Bonchev–Trinajstić information content (AvgIpc) is 2.48. The highest BCUT2D eigenvalue weighted by atomic mass is 14.3. The zero-order valence-electron chi connectivity index (χ0n) is 10.8. The van der Waals surface area contributed by atoms with Crippen LogP contribution in [-0.2, 0) is 12.8 Å². The van der Waals surface area contributed by atoms with Gasteiger partial charge in [0.2, 0.25) is 0 Å². The van der Waals surface area contributed by atoms with Crippen LogP contribution in [0, 0.1) is 30.1 Å². The van der Waals surface area contributed by atoms with Gasteiger partial charge in [-0.25, -0.2) is 0 Å². The highest BCUT2D eigenvalue weighted by Crippen LogP contribution is 2.26. The Bertz CT molecular complexity index is 536. The Kier molecular flexibility index (Phi) is 4.07. The van der Waals surface area contributed by atoms with E-state index in [-0.39, 0.29) is 0 Å². The lowest BCUT2D eigenvalue weighted by atomic mass is 9.78. The molecule has 0 aliphatic heterocycles. The molecule has 0 spiro atoms. The van der Waals surface area contributed by atoms with Crippen molar-refractivity contribution >= 4 is 0 Å². The van der Waals surface area contributed by atoms with Gasteiger partial charge in [0.1, 0.15) is 0 Å². The maximum absolute atomic E-state index is 5.72. The SMILES string of the molecule is C#CC(C#C)(Cc1ccccc1)Cc1ccccc1. The van der Waals surface area contributed by atoms with E-state index in [0.717, 1.165) is 0 Å². The van der Waals surface area contributed by atoms with Gasteiger partial charge in [0.25, 0.3) is 0 Å². The summed E-state index contributed by atoms with van der Waals surface area (Å²) < 4.78 is 0. The van der Waals surface area contributed by atoms with Gasteiger partial charge in [-0.1, -0.05) is 72.5 Å². The van der Waals surface area contributed by atoms with E-state index >= 15 is 0 Å². The summed E-state index contributed by atoms with van der Waals surface area (Å²) in [5, 5.41) is 0. The first kappa shape index (κ1) is 13.0. The second-order valence-electron chi connectivity index (χ2n) is 4.70. The Balaban J connectivity index is 2.24. The van der Waals surface area contributed by atoms with Crippen molar-refractivity contribution in [1.82, 2.24) is 0 Å². The Morgan fingerprint density at radius 3 is 1.37 bits per heavy atom. The maximum Gasteiger partial charge on any atom is 0.0993 e. The van der Waals surface area contributed by atoms with Crippen molar-refractivity contribution in [1.29, 1.82) is 0 Å². The molecule has 0 N–H and O–H groups in total. The second kappa shape index (κ2) is 5.94. The Morgan fingerprint density at radius 1 is 0.684 bits per heavy atom. The normalized spacial score (nSPS) is 10.4. The van der Waals surface area contributed by atoms with Gasteiger partial charge in [0.15, 0.2) is 0 Å². The third kappa shape index (κ3) is 3.27. The molecule has 0 nitrogen and oxygen atoms in total. The van der Waals surface area contributed by atoms with Crippen LogP contribution < -0.4 is 0 Å². The molecule has 0 saturated heterocycles. The molecule has 2 rings (SSSR count). The number of benzene rings is 2. The fourth-order valence-corrected chi connectivity index (χ4v) is 2.20. The molecule has 2 aromatic rings. The summed E-state index contributed by atoms with van der Waals surface area (Å²) in [6.07, 6.45) is 12.9. The molecule has 0 radical (unpaired) electrons. The first-order valence-electron chi connectivity index (χ1n) is 6.31. The molecule has 0 amide bonds. The van der Waals surface area contributed by atoms with Crippen molar-refractivity contribution < 1.29 is 0 Å². The molecule has 0 aliphatic rings. The minimum atomic E-state index is -0.553. The van der Waals surface area contributed by atoms with E-state index in [0.29, 0.717) is 12.8 Å². The number of hydrogen-bond donors (Lipinski definition) is 0. The van der Waals surface area contributed by atoms with Crippen LogP contribution in [0.25, 0.3) is 0 Å². The van der Waals surface area contributed by atoms with Crippen molar-refractivity contribution in [2.45, 2.75) is 12.8 Å². The lowest BCUT2D eigenvalue weighted by molar-refractivity contribution is 0.531. The zero-order chi connectivity index (χ0) is 13.6. The summed E-state index contributed by atoms with van der Waals surface area (Å²) in [6.45, 7) is 0. The predicted octanol–water partition coefficient (Wildman–Crippen LogP) is 3.72. The molecule has 0 atom stereocenters. The summed E-state index contributed by atoms with van der Waals surface area (Å²) in [4.78, 5) is 0. The predicted molar refractivity (Wildman–Crippen MR) is 80.4 cm³/mol. The van der Waals surface area contributed by atoms with Crippen LogP contribution in [0.4, 0.5) is 0 Å².